The van der Waals surface area contributed by atoms with Crippen LogP contribution >= 0.6 is 0 Å². The molecule has 0 aromatic carbocycles. The lowest BCUT2D eigenvalue weighted by Gasteiger charge is -2.15. The van der Waals surface area contributed by atoms with E-state index >= 15 is 0 Å². The van der Waals surface area contributed by atoms with Crippen molar-refractivity contribution >= 4 is 22.9 Å². The molecule has 2 aliphatic rings. The molecule has 0 radical (unpaired) electrons. The van der Waals surface area contributed by atoms with Crippen molar-refractivity contribution in [3.8, 4) is 5.95 Å². The van der Waals surface area contributed by atoms with E-state index in [1.165, 1.54) is 0 Å². The minimum Gasteiger partial charge on any atom is -0.365 e. The minimum atomic E-state index is -0.462. The normalized spacial score (nSPS) is 21.9. The zero-order valence-electron chi connectivity index (χ0n) is 15.7. The van der Waals surface area contributed by atoms with Crippen LogP contribution in [-0.2, 0) is 9.53 Å². The highest BCUT2D eigenvalue weighted by Crippen LogP contribution is 2.33. The molecule has 5 rings (SSSR count). The van der Waals surface area contributed by atoms with Crippen molar-refractivity contribution in [2.45, 2.75) is 51.0 Å². The molecule has 11 nitrogen and oxygen atoms in total. The fourth-order valence-electron chi connectivity index (χ4n) is 3.36. The molecule has 1 saturated carbocycles. The van der Waals surface area contributed by atoms with Crippen LogP contribution in [0.5, 0.6) is 0 Å². The first-order valence-corrected chi connectivity index (χ1v) is 9.40. The van der Waals surface area contributed by atoms with Crippen LogP contribution < -0.4 is 10.6 Å². The number of rotatable bonds is 5. The largest absolute Gasteiger partial charge is 0.365 e. The number of ether oxygens (including phenoxy) is 1. The van der Waals surface area contributed by atoms with E-state index in [0.717, 1.165) is 18.5 Å². The third kappa shape index (κ3) is 2.97. The molecule has 1 amide bonds. The Kier molecular flexibility index (Phi) is 3.97. The Bertz CT molecular complexity index is 1040. The maximum Gasteiger partial charge on any atom is 0.256 e. The van der Waals surface area contributed by atoms with Crippen LogP contribution in [0, 0.1) is 6.92 Å². The second-order valence-electron chi connectivity index (χ2n) is 7.19. The molecular formula is C17H21N9O2. The Morgan fingerprint density at radius 1 is 1.25 bits per heavy atom. The lowest BCUT2D eigenvalue weighted by molar-refractivity contribution is -0.133. The summed E-state index contributed by atoms with van der Waals surface area (Å²) in [6, 6.07) is 0.411. The first-order valence-electron chi connectivity index (χ1n) is 9.40. The molecule has 0 spiro atoms. The van der Waals surface area contributed by atoms with Crippen LogP contribution in [0.2, 0.25) is 0 Å². The van der Waals surface area contributed by atoms with Gasteiger partial charge in [-0.1, -0.05) is 5.21 Å². The lowest BCUT2D eigenvalue weighted by Crippen LogP contribution is -2.31. The molecule has 1 aliphatic carbocycles. The zero-order chi connectivity index (χ0) is 19.3. The molecule has 28 heavy (non-hydrogen) atoms. The summed E-state index contributed by atoms with van der Waals surface area (Å²) in [7, 11) is 1.61. The van der Waals surface area contributed by atoms with Gasteiger partial charge in [0.15, 0.2) is 17.0 Å². The molecule has 146 valence electrons. The van der Waals surface area contributed by atoms with Gasteiger partial charge in [-0.15, -0.1) is 5.10 Å². The van der Waals surface area contributed by atoms with Crippen molar-refractivity contribution in [3.63, 3.8) is 0 Å². The summed E-state index contributed by atoms with van der Waals surface area (Å²) in [4.78, 5) is 25.7. The number of fused-ring (bicyclic) bond motifs is 1. The molecule has 1 saturated heterocycles. The van der Waals surface area contributed by atoms with Crippen molar-refractivity contribution < 1.29 is 9.53 Å². The summed E-state index contributed by atoms with van der Waals surface area (Å²) in [5.41, 5.74) is 2.10. The van der Waals surface area contributed by atoms with Crippen molar-refractivity contribution in [1.82, 2.24) is 39.8 Å². The van der Waals surface area contributed by atoms with Crippen molar-refractivity contribution in [2.24, 2.45) is 0 Å². The lowest BCUT2D eigenvalue weighted by atomic mass is 10.2. The van der Waals surface area contributed by atoms with Gasteiger partial charge in [-0.3, -0.25) is 9.36 Å². The molecule has 2 N–H and O–H groups in total. The highest BCUT2D eigenvalue weighted by Gasteiger charge is 2.33. The third-order valence-corrected chi connectivity index (χ3v) is 4.99. The number of anilines is 1. The molecule has 4 heterocycles. The molecule has 11 heteroatoms. The van der Waals surface area contributed by atoms with Gasteiger partial charge < -0.3 is 15.4 Å². The van der Waals surface area contributed by atoms with Gasteiger partial charge in [0, 0.05) is 13.1 Å². The van der Waals surface area contributed by atoms with Gasteiger partial charge in [0.2, 0.25) is 5.91 Å². The summed E-state index contributed by atoms with van der Waals surface area (Å²) >= 11 is 0. The SMILES string of the molecule is CNC(=O)[C@@H]1CC[C@H](n2cnc3c(NC4CC4)nc(-n4cc(C)nn4)nc32)O1. The van der Waals surface area contributed by atoms with Crippen LogP contribution in [0.15, 0.2) is 12.5 Å². The zero-order valence-corrected chi connectivity index (χ0v) is 15.7. The van der Waals surface area contributed by atoms with Crippen molar-refractivity contribution in [1.29, 1.82) is 0 Å². The molecular weight excluding hydrogens is 362 g/mol. The number of aromatic nitrogens is 7. The molecule has 1 aliphatic heterocycles. The van der Waals surface area contributed by atoms with Crippen molar-refractivity contribution in [2.75, 3.05) is 12.4 Å². The first kappa shape index (κ1) is 17.0. The van der Waals surface area contributed by atoms with Crippen LogP contribution in [0.3, 0.4) is 0 Å². The Morgan fingerprint density at radius 3 is 2.82 bits per heavy atom. The van der Waals surface area contributed by atoms with Gasteiger partial charge in [0.05, 0.1) is 18.2 Å². The fourth-order valence-corrected chi connectivity index (χ4v) is 3.36. The number of nitrogens with one attached hydrogen (secondary N) is 2. The standard InChI is InChI=1S/C17H21N9O2/c1-9-7-26(24-23-9)17-21-14(20-10-3-4-10)13-15(22-17)25(8-19-13)12-6-5-11(28-12)16(27)18-2/h7-8,10-12H,3-6H2,1-2H3,(H,18,27)(H,20,21,22)/t11-,12+/m0/s1. The van der Waals surface area contributed by atoms with E-state index in [2.05, 4.69) is 35.9 Å². The highest BCUT2D eigenvalue weighted by molar-refractivity contribution is 5.84. The van der Waals surface area contributed by atoms with E-state index in [-0.39, 0.29) is 12.1 Å². The summed E-state index contributed by atoms with van der Waals surface area (Å²) in [6.45, 7) is 1.86. The van der Waals surface area contributed by atoms with Crippen LogP contribution in [0.1, 0.15) is 37.6 Å². The number of likely N-dealkylation sites (N-methyl/N-ethyl adjacent to an activating group) is 1. The molecule has 3 aromatic heterocycles. The summed E-state index contributed by atoms with van der Waals surface area (Å²) in [5.74, 6) is 0.977. The quantitative estimate of drug-likeness (QED) is 0.660. The van der Waals surface area contributed by atoms with Crippen LogP contribution in [0.4, 0.5) is 5.82 Å². The molecule has 0 bridgehead atoms. The second kappa shape index (κ2) is 6.51. The number of carbonyl (C=O) groups is 1. The molecule has 3 aromatic rings. The van der Waals surface area contributed by atoms with Crippen molar-refractivity contribution in [3.05, 3.63) is 18.2 Å². The Morgan fingerprint density at radius 2 is 2.11 bits per heavy atom. The highest BCUT2D eigenvalue weighted by atomic mass is 16.5. The fraction of sp³-hybridized carbons (Fsp3) is 0.529. The number of hydrogen-bond donors (Lipinski definition) is 2. The van der Waals surface area contributed by atoms with E-state index in [0.29, 0.717) is 41.8 Å². The smallest absolute Gasteiger partial charge is 0.256 e. The monoisotopic (exact) mass is 383 g/mol. The van der Waals surface area contributed by atoms with E-state index < -0.39 is 6.10 Å². The summed E-state index contributed by atoms with van der Waals surface area (Å²) in [6.07, 6.45) is 6.29. The predicted octanol–water partition coefficient (Wildman–Crippen LogP) is 0.713. The maximum atomic E-state index is 11.9. The second-order valence-corrected chi connectivity index (χ2v) is 7.19. The summed E-state index contributed by atoms with van der Waals surface area (Å²) in [5, 5.41) is 14.2. The molecule has 0 unspecified atom stereocenters. The van der Waals surface area contributed by atoms with Crippen LogP contribution in [0.25, 0.3) is 17.1 Å². The van der Waals surface area contributed by atoms with E-state index in [1.807, 2.05) is 11.5 Å². The number of aryl methyl sites for hydroxylation is 1. The maximum absolute atomic E-state index is 11.9. The molecule has 2 atom stereocenters. The van der Waals surface area contributed by atoms with Gasteiger partial charge in [0.25, 0.3) is 5.95 Å². The predicted molar refractivity (Wildman–Crippen MR) is 98.8 cm³/mol. The average molecular weight is 383 g/mol. The first-order chi connectivity index (χ1) is 13.6. The van der Waals surface area contributed by atoms with Gasteiger partial charge in [-0.25, -0.2) is 4.98 Å². The van der Waals surface area contributed by atoms with Crippen LogP contribution in [-0.4, -0.2) is 59.6 Å². The minimum absolute atomic E-state index is 0.114. The van der Waals surface area contributed by atoms with E-state index in [9.17, 15) is 4.79 Å². The van der Waals surface area contributed by atoms with E-state index in [1.54, 1.807) is 24.3 Å². The summed E-state index contributed by atoms with van der Waals surface area (Å²) < 4.78 is 9.36. The number of hydrogen-bond acceptors (Lipinski definition) is 8. The van der Waals surface area contributed by atoms with Gasteiger partial charge in [-0.05, 0) is 32.6 Å². The van der Waals surface area contributed by atoms with Gasteiger partial charge >= 0.3 is 0 Å². The third-order valence-electron chi connectivity index (χ3n) is 4.99. The van der Waals surface area contributed by atoms with Gasteiger partial charge in [-0.2, -0.15) is 14.6 Å². The number of imidazole rings is 1. The Hall–Kier alpha value is -3.08. The Labute approximate surface area is 160 Å². The average Bonchev–Trinajstić information content (AvgIpc) is 3.10. The van der Waals surface area contributed by atoms with E-state index in [4.69, 9.17) is 4.74 Å². The number of nitrogens with zero attached hydrogens (tertiary/aromatic N) is 7. The molecule has 2 fully saturated rings. The Balaban J connectivity index is 1.56. The number of carbonyl (C=O) groups excluding carboxylic acids is 1. The van der Waals surface area contributed by atoms with Gasteiger partial charge in [0.1, 0.15) is 12.3 Å². The topological polar surface area (TPSA) is 125 Å². The number of amides is 1.